The maximum Gasteiger partial charge on any atom is 0.419 e. The summed E-state index contributed by atoms with van der Waals surface area (Å²) in [6.07, 6.45) is -9.43. The van der Waals surface area contributed by atoms with Crippen LogP contribution in [0.15, 0.2) is 48.5 Å². The number of nitrogens with one attached hydrogen (secondary N) is 1. The molecule has 1 saturated heterocycles. The van der Waals surface area contributed by atoms with Crippen LogP contribution in [0.2, 0.25) is 0 Å². The molecule has 2 aromatic rings. The highest BCUT2D eigenvalue weighted by Crippen LogP contribution is 2.44. The number of hydrogen-bond donors (Lipinski definition) is 1. The minimum absolute atomic E-state index is 0.0999. The highest BCUT2D eigenvalue weighted by atomic mass is 19.4. The number of halogens is 6. The van der Waals surface area contributed by atoms with Crippen molar-refractivity contribution in [1.29, 1.82) is 5.26 Å². The maximum atomic E-state index is 13.1. The Kier molecular flexibility index (Phi) is 5.50. The number of hydrogen-bond acceptors (Lipinski definition) is 3. The third-order valence-electron chi connectivity index (χ3n) is 4.95. The van der Waals surface area contributed by atoms with Gasteiger partial charge in [-0.05, 0) is 36.2 Å². The second-order valence-corrected chi connectivity index (χ2v) is 6.86. The van der Waals surface area contributed by atoms with Gasteiger partial charge < -0.3 is 10.1 Å². The van der Waals surface area contributed by atoms with Gasteiger partial charge in [-0.15, -0.1) is 0 Å². The van der Waals surface area contributed by atoms with Gasteiger partial charge >= 0.3 is 12.4 Å². The molecule has 0 aromatic heterocycles. The van der Waals surface area contributed by atoms with Gasteiger partial charge in [-0.3, -0.25) is 0 Å². The molecule has 3 rings (SSSR count). The lowest BCUT2D eigenvalue weighted by Gasteiger charge is -2.28. The average Bonchev–Trinajstić information content (AvgIpc) is 3.08. The van der Waals surface area contributed by atoms with Crippen molar-refractivity contribution < 1.29 is 31.1 Å². The molecule has 2 atom stereocenters. The summed E-state index contributed by atoms with van der Waals surface area (Å²) in [6, 6.07) is 12.3. The van der Waals surface area contributed by atoms with Crippen LogP contribution in [0.1, 0.15) is 24.0 Å². The largest absolute Gasteiger partial charge is 0.457 e. The average molecular weight is 414 g/mol. The van der Waals surface area contributed by atoms with Crippen LogP contribution in [0.5, 0.6) is 11.5 Å². The van der Waals surface area contributed by atoms with Crippen molar-refractivity contribution in [2.45, 2.75) is 30.7 Å². The van der Waals surface area contributed by atoms with Gasteiger partial charge in [0.05, 0.1) is 29.5 Å². The third kappa shape index (κ3) is 4.48. The fraction of sp³-hybridized carbons (Fsp3) is 0.350. The maximum absolute atomic E-state index is 13.1. The molecule has 0 bridgehead atoms. The smallest absolute Gasteiger partial charge is 0.419 e. The lowest BCUT2D eigenvalue weighted by Crippen LogP contribution is -2.36. The first kappa shape index (κ1) is 21.0. The van der Waals surface area contributed by atoms with Crippen molar-refractivity contribution in [2.75, 3.05) is 6.54 Å². The predicted octanol–water partition coefficient (Wildman–Crippen LogP) is 5.78. The summed E-state index contributed by atoms with van der Waals surface area (Å²) in [4.78, 5) is 0. The normalized spacial score (nSPS) is 22.3. The van der Waals surface area contributed by atoms with E-state index in [1.165, 1.54) is 42.5 Å². The number of rotatable bonds is 4. The minimum Gasteiger partial charge on any atom is -0.457 e. The zero-order valence-electron chi connectivity index (χ0n) is 14.9. The fourth-order valence-electron chi connectivity index (χ4n) is 3.47. The highest BCUT2D eigenvalue weighted by molar-refractivity contribution is 5.41. The Balaban J connectivity index is 1.84. The third-order valence-corrected chi connectivity index (χ3v) is 4.95. The second-order valence-electron chi connectivity index (χ2n) is 6.86. The molecule has 2 aromatic carbocycles. The number of ether oxygens (including phenoxy) is 1. The molecule has 0 amide bonds. The SMILES string of the molecule is N#CC[C@]1(c2ccc(Oc3ccccc3C(F)(F)F)cc2)C[C@H](C(F)(F)F)CN1. The molecule has 0 unspecified atom stereocenters. The molecule has 1 N–H and O–H groups in total. The van der Waals surface area contributed by atoms with Crippen molar-refractivity contribution >= 4 is 0 Å². The van der Waals surface area contributed by atoms with E-state index in [1.54, 1.807) is 0 Å². The first-order valence-electron chi connectivity index (χ1n) is 8.68. The molecule has 154 valence electrons. The van der Waals surface area contributed by atoms with Gasteiger partial charge in [-0.1, -0.05) is 24.3 Å². The van der Waals surface area contributed by atoms with Crippen LogP contribution >= 0.6 is 0 Å². The Morgan fingerprint density at radius 2 is 1.69 bits per heavy atom. The molecule has 1 aliphatic heterocycles. The molecule has 0 radical (unpaired) electrons. The molecule has 0 spiro atoms. The van der Waals surface area contributed by atoms with Crippen LogP contribution in [-0.4, -0.2) is 12.7 Å². The molecule has 9 heteroatoms. The van der Waals surface area contributed by atoms with Crippen molar-refractivity contribution in [2.24, 2.45) is 5.92 Å². The van der Waals surface area contributed by atoms with Gasteiger partial charge in [0.1, 0.15) is 11.5 Å². The van der Waals surface area contributed by atoms with Gasteiger partial charge in [-0.25, -0.2) is 0 Å². The summed E-state index contributed by atoms with van der Waals surface area (Å²) in [7, 11) is 0. The molecule has 0 saturated carbocycles. The Hall–Kier alpha value is -2.73. The number of alkyl halides is 6. The van der Waals surface area contributed by atoms with E-state index in [2.05, 4.69) is 5.32 Å². The number of nitrogens with zero attached hydrogens (tertiary/aromatic N) is 1. The van der Waals surface area contributed by atoms with Gasteiger partial charge in [0.2, 0.25) is 0 Å². The van der Waals surface area contributed by atoms with E-state index in [0.717, 1.165) is 6.07 Å². The Bertz CT molecular complexity index is 901. The molecular weight excluding hydrogens is 398 g/mol. The van der Waals surface area contributed by atoms with Crippen molar-refractivity contribution in [3.05, 3.63) is 59.7 Å². The topological polar surface area (TPSA) is 45.0 Å². The molecule has 1 aliphatic rings. The quantitative estimate of drug-likeness (QED) is 0.646. The van der Waals surface area contributed by atoms with E-state index in [9.17, 15) is 26.3 Å². The van der Waals surface area contributed by atoms with E-state index in [4.69, 9.17) is 10.00 Å². The molecule has 29 heavy (non-hydrogen) atoms. The van der Waals surface area contributed by atoms with Gasteiger partial charge in [0.25, 0.3) is 0 Å². The number of benzene rings is 2. The predicted molar refractivity (Wildman–Crippen MR) is 92.0 cm³/mol. The van der Waals surface area contributed by atoms with E-state index in [1.807, 2.05) is 6.07 Å². The zero-order chi connectivity index (χ0) is 21.3. The van der Waals surface area contributed by atoms with E-state index in [0.29, 0.717) is 5.56 Å². The van der Waals surface area contributed by atoms with E-state index >= 15 is 0 Å². The minimum atomic E-state index is -4.59. The summed E-state index contributed by atoms with van der Waals surface area (Å²) >= 11 is 0. The summed E-state index contributed by atoms with van der Waals surface area (Å²) in [5, 5.41) is 11.9. The first-order chi connectivity index (χ1) is 13.5. The van der Waals surface area contributed by atoms with Crippen LogP contribution in [-0.2, 0) is 11.7 Å². The summed E-state index contributed by atoms with van der Waals surface area (Å²) in [5.41, 5.74) is -1.66. The van der Waals surface area contributed by atoms with Gasteiger partial charge in [0.15, 0.2) is 0 Å². The molecule has 1 heterocycles. The van der Waals surface area contributed by atoms with Crippen LogP contribution in [0, 0.1) is 17.2 Å². The lowest BCUT2D eigenvalue weighted by molar-refractivity contribution is -0.170. The standard InChI is InChI=1S/C20H16F6N2O/c21-19(22,23)14-11-18(9-10-27,28-12-14)13-5-7-15(8-6-13)29-17-4-2-1-3-16(17)20(24,25)26/h1-8,14,28H,9,11-12H2/t14-,18+/m0/s1. The van der Waals surface area contributed by atoms with E-state index < -0.39 is 29.4 Å². The number of para-hydroxylation sites is 1. The van der Waals surface area contributed by atoms with Gasteiger partial charge in [0, 0.05) is 6.54 Å². The summed E-state index contributed by atoms with van der Waals surface area (Å²) < 4.78 is 83.8. The van der Waals surface area contributed by atoms with Crippen molar-refractivity contribution in [3.8, 4) is 17.6 Å². The summed E-state index contributed by atoms with van der Waals surface area (Å²) in [5.74, 6) is -1.86. The monoisotopic (exact) mass is 414 g/mol. The Morgan fingerprint density at radius 1 is 1.03 bits per heavy atom. The van der Waals surface area contributed by atoms with Crippen molar-refractivity contribution in [1.82, 2.24) is 5.32 Å². The lowest BCUT2D eigenvalue weighted by atomic mass is 9.83. The molecule has 0 aliphatic carbocycles. The highest BCUT2D eigenvalue weighted by Gasteiger charge is 2.50. The van der Waals surface area contributed by atoms with Crippen molar-refractivity contribution in [3.63, 3.8) is 0 Å². The fourth-order valence-corrected chi connectivity index (χ4v) is 3.47. The Morgan fingerprint density at radius 3 is 2.24 bits per heavy atom. The first-order valence-corrected chi connectivity index (χ1v) is 8.68. The van der Waals surface area contributed by atoms with Crippen LogP contribution in [0.4, 0.5) is 26.3 Å². The Labute approximate surface area is 162 Å². The number of nitriles is 1. The molecule has 3 nitrogen and oxygen atoms in total. The zero-order valence-corrected chi connectivity index (χ0v) is 14.9. The summed E-state index contributed by atoms with van der Waals surface area (Å²) in [6.45, 7) is -0.303. The van der Waals surface area contributed by atoms with E-state index in [-0.39, 0.29) is 30.9 Å². The van der Waals surface area contributed by atoms with Crippen LogP contribution in [0.25, 0.3) is 0 Å². The molecule has 1 fully saturated rings. The van der Waals surface area contributed by atoms with Crippen LogP contribution < -0.4 is 10.1 Å². The van der Waals surface area contributed by atoms with Gasteiger partial charge in [-0.2, -0.15) is 31.6 Å². The second kappa shape index (κ2) is 7.59. The van der Waals surface area contributed by atoms with Crippen LogP contribution in [0.3, 0.4) is 0 Å². The molecular formula is C20H16F6N2O.